The van der Waals surface area contributed by atoms with Gasteiger partial charge in [0.2, 0.25) is 10.0 Å². The van der Waals surface area contributed by atoms with Crippen LogP contribution >= 0.6 is 0 Å². The lowest BCUT2D eigenvalue weighted by molar-refractivity contribution is -0.275. The third-order valence-electron chi connectivity index (χ3n) is 3.24. The summed E-state index contributed by atoms with van der Waals surface area (Å²) in [5.74, 6) is -0.365. The summed E-state index contributed by atoms with van der Waals surface area (Å²) in [7, 11) is -0.541. The smallest absolute Gasteiger partial charge is 0.404 e. The van der Waals surface area contributed by atoms with Crippen molar-refractivity contribution < 1.29 is 26.3 Å². The first-order valence-electron chi connectivity index (χ1n) is 7.67. The summed E-state index contributed by atoms with van der Waals surface area (Å²) in [5.41, 5.74) is 0.798. The summed E-state index contributed by atoms with van der Waals surface area (Å²) in [4.78, 5) is 1.22. The van der Waals surface area contributed by atoms with Gasteiger partial charge in [-0.3, -0.25) is 0 Å². The highest BCUT2D eigenvalue weighted by Crippen LogP contribution is 2.29. The van der Waals surface area contributed by atoms with Crippen molar-refractivity contribution in [3.63, 3.8) is 0 Å². The number of ether oxygens (including phenoxy) is 1. The molecule has 0 aliphatic rings. The predicted molar refractivity (Wildman–Crippen MR) is 93.2 cm³/mol. The van der Waals surface area contributed by atoms with Crippen LogP contribution < -0.4 is 19.7 Å². The molecule has 0 atom stereocenters. The molecule has 0 unspecified atom stereocenters. The van der Waals surface area contributed by atoms with Crippen molar-refractivity contribution >= 4 is 21.5 Å². The Morgan fingerprint density at radius 2 is 1.89 bits per heavy atom. The van der Waals surface area contributed by atoms with Gasteiger partial charge in [0.15, 0.2) is 5.82 Å². The fraction of sp³-hybridized carbons (Fsp3) is 0.333. The Bertz CT molecular complexity index is 875. The zero-order chi connectivity index (χ0) is 20.1. The van der Waals surface area contributed by atoms with E-state index in [1.54, 1.807) is 12.3 Å². The summed E-state index contributed by atoms with van der Waals surface area (Å²) in [6.07, 6.45) is -3.44. The van der Waals surface area contributed by atoms with Gasteiger partial charge in [-0.05, 0) is 12.1 Å². The van der Waals surface area contributed by atoms with Crippen LogP contribution in [0.2, 0.25) is 0 Å². The van der Waals surface area contributed by atoms with E-state index in [1.807, 2.05) is 19.0 Å². The second-order valence-electron chi connectivity index (χ2n) is 5.51. The van der Waals surface area contributed by atoms with Crippen molar-refractivity contribution in [3.8, 4) is 5.75 Å². The number of hydrogen-bond donors (Lipinski definition) is 2. The van der Waals surface area contributed by atoms with Gasteiger partial charge in [-0.1, -0.05) is 12.1 Å². The van der Waals surface area contributed by atoms with Crippen LogP contribution in [0.4, 0.5) is 24.7 Å². The Balaban J connectivity index is 1.99. The minimum absolute atomic E-state index is 0.0867. The number of hydrogen-bond acceptors (Lipinski definition) is 7. The molecule has 12 heteroatoms. The van der Waals surface area contributed by atoms with Crippen molar-refractivity contribution in [2.45, 2.75) is 11.3 Å². The number of nitrogens with one attached hydrogen (secondary N) is 2. The monoisotopic (exact) mass is 405 g/mol. The normalized spacial score (nSPS) is 11.9. The maximum atomic E-state index is 12.4. The van der Waals surface area contributed by atoms with Crippen LogP contribution in [0.15, 0.2) is 41.4 Å². The fourth-order valence-electron chi connectivity index (χ4n) is 2.02. The molecule has 27 heavy (non-hydrogen) atoms. The Kier molecular flexibility index (Phi) is 6.44. The zero-order valence-corrected chi connectivity index (χ0v) is 15.3. The molecular weight excluding hydrogens is 387 g/mol. The van der Waals surface area contributed by atoms with Crippen LogP contribution in [-0.2, 0) is 10.0 Å². The molecule has 0 saturated heterocycles. The topological polar surface area (TPSA) is 96.5 Å². The maximum absolute atomic E-state index is 12.4. The molecule has 0 radical (unpaired) electrons. The van der Waals surface area contributed by atoms with Crippen LogP contribution in [0.1, 0.15) is 0 Å². The van der Waals surface area contributed by atoms with E-state index in [4.69, 9.17) is 0 Å². The SMILES string of the molecule is CN(C)c1cnnc(NCCNS(=O)(=O)c2ccccc2OC(F)(F)F)c1. The molecule has 0 aliphatic carbocycles. The molecule has 0 bridgehead atoms. The van der Waals surface area contributed by atoms with Crippen LogP contribution in [-0.4, -0.2) is 52.2 Å². The molecular formula is C15H18F3N5O3S. The van der Waals surface area contributed by atoms with E-state index in [0.29, 0.717) is 5.82 Å². The third-order valence-corrected chi connectivity index (χ3v) is 4.74. The number of nitrogens with zero attached hydrogens (tertiary/aromatic N) is 3. The van der Waals surface area contributed by atoms with Crippen LogP contribution in [0.3, 0.4) is 0 Å². The molecule has 1 aromatic carbocycles. The average Bonchev–Trinajstić information content (AvgIpc) is 2.58. The number of sulfonamides is 1. The average molecular weight is 405 g/mol. The quantitative estimate of drug-likeness (QED) is 0.647. The van der Waals surface area contributed by atoms with Crippen molar-refractivity contribution in [2.75, 3.05) is 37.4 Å². The van der Waals surface area contributed by atoms with Gasteiger partial charge < -0.3 is 15.0 Å². The Hall–Kier alpha value is -2.60. The second-order valence-corrected chi connectivity index (χ2v) is 7.25. The van der Waals surface area contributed by atoms with Crippen molar-refractivity contribution in [1.82, 2.24) is 14.9 Å². The van der Waals surface area contributed by atoms with E-state index in [1.165, 1.54) is 12.1 Å². The number of anilines is 2. The van der Waals surface area contributed by atoms with E-state index in [0.717, 1.165) is 17.8 Å². The molecule has 8 nitrogen and oxygen atoms in total. The van der Waals surface area contributed by atoms with Crippen molar-refractivity contribution in [1.29, 1.82) is 0 Å². The third kappa shape index (κ3) is 6.25. The van der Waals surface area contributed by atoms with Crippen LogP contribution in [0.5, 0.6) is 5.75 Å². The van der Waals surface area contributed by atoms with Gasteiger partial charge in [0.1, 0.15) is 10.6 Å². The number of benzene rings is 1. The summed E-state index contributed by atoms with van der Waals surface area (Å²) in [5, 5.41) is 10.5. The lowest BCUT2D eigenvalue weighted by Crippen LogP contribution is -2.30. The Morgan fingerprint density at radius 1 is 1.19 bits per heavy atom. The standard InChI is InChI=1S/C15H18F3N5O3S/c1-23(2)11-9-14(22-20-10-11)19-7-8-21-27(24,25)13-6-4-3-5-12(13)26-15(16,17)18/h3-6,9-10,21H,7-8H2,1-2H3,(H,19,22). The predicted octanol–water partition coefficient (Wildman–Crippen LogP) is 1.83. The molecule has 0 spiro atoms. The highest BCUT2D eigenvalue weighted by molar-refractivity contribution is 7.89. The van der Waals surface area contributed by atoms with Gasteiger partial charge >= 0.3 is 6.36 Å². The summed E-state index contributed by atoms with van der Waals surface area (Å²) < 4.78 is 67.8. The number of alkyl halides is 3. The molecule has 148 valence electrons. The fourth-order valence-corrected chi connectivity index (χ4v) is 3.18. The number of halogens is 3. The first-order chi connectivity index (χ1) is 12.6. The molecule has 0 fully saturated rings. The largest absolute Gasteiger partial charge is 0.573 e. The highest BCUT2D eigenvalue weighted by Gasteiger charge is 2.33. The molecule has 0 amide bonds. The molecule has 2 N–H and O–H groups in total. The van der Waals surface area contributed by atoms with Gasteiger partial charge in [-0.15, -0.1) is 18.3 Å². The molecule has 1 aromatic heterocycles. The van der Waals surface area contributed by atoms with E-state index in [2.05, 4.69) is 25.0 Å². The van der Waals surface area contributed by atoms with Crippen LogP contribution in [0, 0.1) is 0 Å². The second kappa shape index (κ2) is 8.39. The highest BCUT2D eigenvalue weighted by atomic mass is 32.2. The zero-order valence-electron chi connectivity index (χ0n) is 14.5. The first kappa shape index (κ1) is 20.7. The summed E-state index contributed by atoms with van der Waals surface area (Å²) >= 11 is 0. The van der Waals surface area contributed by atoms with Crippen LogP contribution in [0.25, 0.3) is 0 Å². The number of rotatable bonds is 8. The van der Waals surface area contributed by atoms with E-state index >= 15 is 0 Å². The lowest BCUT2D eigenvalue weighted by atomic mass is 10.3. The van der Waals surface area contributed by atoms with Crippen molar-refractivity contribution in [3.05, 3.63) is 36.5 Å². The number of para-hydroxylation sites is 1. The van der Waals surface area contributed by atoms with Gasteiger partial charge in [0, 0.05) is 33.3 Å². The van der Waals surface area contributed by atoms with E-state index in [9.17, 15) is 21.6 Å². The van der Waals surface area contributed by atoms with E-state index < -0.39 is 27.0 Å². The molecule has 0 saturated carbocycles. The van der Waals surface area contributed by atoms with Gasteiger partial charge in [-0.25, -0.2) is 13.1 Å². The first-order valence-corrected chi connectivity index (χ1v) is 9.15. The molecule has 1 heterocycles. The van der Waals surface area contributed by atoms with E-state index in [-0.39, 0.29) is 13.1 Å². The molecule has 2 rings (SSSR count). The molecule has 0 aliphatic heterocycles. The maximum Gasteiger partial charge on any atom is 0.573 e. The minimum atomic E-state index is -5.00. The van der Waals surface area contributed by atoms with Gasteiger partial charge in [0.25, 0.3) is 0 Å². The Morgan fingerprint density at radius 3 is 2.56 bits per heavy atom. The van der Waals surface area contributed by atoms with Gasteiger partial charge in [-0.2, -0.15) is 5.10 Å². The van der Waals surface area contributed by atoms with Crippen molar-refractivity contribution in [2.24, 2.45) is 0 Å². The number of aromatic nitrogens is 2. The lowest BCUT2D eigenvalue weighted by Gasteiger charge is -2.14. The minimum Gasteiger partial charge on any atom is -0.404 e. The Labute approximate surface area is 154 Å². The summed E-state index contributed by atoms with van der Waals surface area (Å²) in [6, 6.07) is 6.23. The molecule has 2 aromatic rings. The summed E-state index contributed by atoms with van der Waals surface area (Å²) in [6.45, 7) is 0.0592. The van der Waals surface area contributed by atoms with Gasteiger partial charge in [0.05, 0.1) is 11.9 Å².